The largest absolute Gasteiger partial charge is 0.277 e. The van der Waals surface area contributed by atoms with Gasteiger partial charge in [-0.3, -0.25) is 4.57 Å². The third-order valence-electron chi connectivity index (χ3n) is 6.35. The van der Waals surface area contributed by atoms with Crippen LogP contribution in [0.25, 0.3) is 60.1 Å². The first-order chi connectivity index (χ1) is 15.8. The number of aromatic nitrogens is 3. The molecule has 4 heteroatoms. The van der Waals surface area contributed by atoms with Gasteiger partial charge >= 0.3 is 0 Å². The topological polar surface area (TPSA) is 30.7 Å². The highest BCUT2D eigenvalue weighted by Crippen LogP contribution is 2.42. The predicted molar refractivity (Wildman–Crippen MR) is 134 cm³/mol. The summed E-state index contributed by atoms with van der Waals surface area (Å²) in [6.07, 6.45) is 1.71. The summed E-state index contributed by atoms with van der Waals surface area (Å²) >= 11 is 6.29. The monoisotopic (exact) mass is 429 g/mol. The van der Waals surface area contributed by atoms with Crippen LogP contribution in [0.5, 0.6) is 0 Å². The molecule has 0 amide bonds. The summed E-state index contributed by atoms with van der Waals surface area (Å²) in [6.45, 7) is 0. The molecule has 32 heavy (non-hydrogen) atoms. The smallest absolute Gasteiger partial charge is 0.236 e. The summed E-state index contributed by atoms with van der Waals surface area (Å²) in [6, 6.07) is 31.9. The number of hydrogen-bond acceptors (Lipinski definition) is 2. The first-order valence-corrected chi connectivity index (χ1v) is 10.9. The summed E-state index contributed by atoms with van der Waals surface area (Å²) in [5.41, 5.74) is 2.17. The second-order valence-electron chi connectivity index (χ2n) is 8.01. The molecule has 0 radical (unpaired) electrons. The molecule has 0 aliphatic heterocycles. The Kier molecular flexibility index (Phi) is 3.61. The third kappa shape index (κ3) is 2.31. The molecule has 0 saturated heterocycles. The van der Waals surface area contributed by atoms with Gasteiger partial charge < -0.3 is 0 Å². The highest BCUT2D eigenvalue weighted by molar-refractivity contribution is 6.33. The summed E-state index contributed by atoms with van der Waals surface area (Å²) < 4.78 is 2.15. The Hall–Kier alpha value is -3.95. The van der Waals surface area contributed by atoms with Crippen molar-refractivity contribution < 1.29 is 0 Å². The van der Waals surface area contributed by atoms with Crippen molar-refractivity contribution in [3.05, 3.63) is 102 Å². The number of halogens is 1. The molecule has 5 aromatic carbocycles. The maximum atomic E-state index is 6.29. The van der Waals surface area contributed by atoms with Crippen molar-refractivity contribution in [2.24, 2.45) is 0 Å². The lowest BCUT2D eigenvalue weighted by Gasteiger charge is -2.13. The summed E-state index contributed by atoms with van der Waals surface area (Å²) in [5.74, 6) is 0.577. The van der Waals surface area contributed by atoms with E-state index in [2.05, 4.69) is 99.5 Å². The van der Waals surface area contributed by atoms with E-state index in [9.17, 15) is 0 Å². The minimum absolute atomic E-state index is 0.427. The molecule has 2 aromatic heterocycles. The molecule has 0 aliphatic rings. The van der Waals surface area contributed by atoms with Gasteiger partial charge in [-0.25, -0.2) is 9.97 Å². The van der Waals surface area contributed by atoms with Crippen molar-refractivity contribution in [1.82, 2.24) is 14.5 Å². The Labute approximate surface area is 188 Å². The lowest BCUT2D eigenvalue weighted by atomic mass is 9.93. The van der Waals surface area contributed by atoms with Crippen LogP contribution < -0.4 is 0 Å². The van der Waals surface area contributed by atoms with Gasteiger partial charge in [0.25, 0.3) is 0 Å². The summed E-state index contributed by atoms with van der Waals surface area (Å²) in [5, 5.41) is 10.2. The second kappa shape index (κ2) is 6.52. The van der Waals surface area contributed by atoms with E-state index in [0.717, 1.165) is 11.0 Å². The molecular weight excluding hydrogens is 414 g/mol. The van der Waals surface area contributed by atoms with Gasteiger partial charge in [0.05, 0.1) is 11.0 Å². The van der Waals surface area contributed by atoms with Gasteiger partial charge in [0.15, 0.2) is 0 Å². The van der Waals surface area contributed by atoms with Crippen LogP contribution in [-0.2, 0) is 0 Å². The van der Waals surface area contributed by atoms with Crippen LogP contribution in [0.15, 0.2) is 97.2 Å². The number of nitrogens with zero attached hydrogens (tertiary/aromatic N) is 3. The van der Waals surface area contributed by atoms with Gasteiger partial charge in [-0.05, 0) is 39.1 Å². The molecule has 0 aliphatic carbocycles. The van der Waals surface area contributed by atoms with E-state index in [1.54, 1.807) is 12.3 Å². The zero-order valence-electron chi connectivity index (χ0n) is 17.0. The van der Waals surface area contributed by atoms with E-state index in [0.29, 0.717) is 11.1 Å². The van der Waals surface area contributed by atoms with E-state index < -0.39 is 0 Å². The molecule has 3 nitrogen and oxygen atoms in total. The minimum atomic E-state index is 0.427. The minimum Gasteiger partial charge on any atom is -0.277 e. The normalized spacial score (nSPS) is 11.9. The standard InChI is InChI=1S/C28H16ClN3/c29-25-15-16-30-28(31-25)32-24-12-6-5-10-20(24)23-14-13-22-19-9-2-1-7-17(19)18-8-3-4-11-21(18)26(22)27(23)32/h1-16H. The van der Waals surface area contributed by atoms with Crippen LogP contribution in [0.2, 0.25) is 5.15 Å². The van der Waals surface area contributed by atoms with Gasteiger partial charge in [0, 0.05) is 22.4 Å². The molecule has 2 heterocycles. The fourth-order valence-electron chi connectivity index (χ4n) is 5.09. The summed E-state index contributed by atoms with van der Waals surface area (Å²) in [4.78, 5) is 9.18. The zero-order valence-corrected chi connectivity index (χ0v) is 17.7. The fourth-order valence-corrected chi connectivity index (χ4v) is 5.22. The zero-order chi connectivity index (χ0) is 21.2. The van der Waals surface area contributed by atoms with Crippen molar-refractivity contribution in [1.29, 1.82) is 0 Å². The van der Waals surface area contributed by atoms with Crippen LogP contribution in [0.1, 0.15) is 0 Å². The quantitative estimate of drug-likeness (QED) is 0.198. The van der Waals surface area contributed by atoms with E-state index in [1.165, 1.54) is 43.1 Å². The first kappa shape index (κ1) is 17.7. The lowest BCUT2D eigenvalue weighted by Crippen LogP contribution is -2.01. The van der Waals surface area contributed by atoms with Crippen LogP contribution in [0, 0.1) is 0 Å². The molecule has 0 spiro atoms. The molecule has 150 valence electrons. The van der Waals surface area contributed by atoms with Crippen LogP contribution in [0.3, 0.4) is 0 Å². The van der Waals surface area contributed by atoms with Crippen LogP contribution in [0.4, 0.5) is 0 Å². The van der Waals surface area contributed by atoms with Gasteiger partial charge in [-0.1, -0.05) is 90.5 Å². The Balaban J connectivity index is 1.85. The Morgan fingerprint density at radius 3 is 1.84 bits per heavy atom. The van der Waals surface area contributed by atoms with Gasteiger partial charge in [0.1, 0.15) is 5.15 Å². The lowest BCUT2D eigenvalue weighted by molar-refractivity contribution is 0.991. The molecular formula is C28H16ClN3. The highest BCUT2D eigenvalue weighted by atomic mass is 35.5. The van der Waals surface area contributed by atoms with Gasteiger partial charge in [0.2, 0.25) is 5.95 Å². The number of para-hydroxylation sites is 1. The van der Waals surface area contributed by atoms with Crippen LogP contribution in [-0.4, -0.2) is 14.5 Å². The molecule has 0 N–H and O–H groups in total. The maximum absolute atomic E-state index is 6.29. The maximum Gasteiger partial charge on any atom is 0.236 e. The van der Waals surface area contributed by atoms with E-state index in [-0.39, 0.29) is 0 Å². The van der Waals surface area contributed by atoms with E-state index >= 15 is 0 Å². The third-order valence-corrected chi connectivity index (χ3v) is 6.56. The van der Waals surface area contributed by atoms with Crippen molar-refractivity contribution in [2.75, 3.05) is 0 Å². The highest BCUT2D eigenvalue weighted by Gasteiger charge is 2.19. The molecule has 0 atom stereocenters. The SMILES string of the molecule is Clc1ccnc(-n2c3ccccc3c3ccc4c5ccccc5c5ccccc5c4c32)n1. The van der Waals surface area contributed by atoms with Crippen molar-refractivity contribution >= 4 is 65.7 Å². The van der Waals surface area contributed by atoms with E-state index in [1.807, 2.05) is 0 Å². The predicted octanol–water partition coefficient (Wildman–Crippen LogP) is 7.69. The second-order valence-corrected chi connectivity index (χ2v) is 8.39. The molecule has 0 bridgehead atoms. The Morgan fingerprint density at radius 2 is 1.12 bits per heavy atom. The fraction of sp³-hybridized carbons (Fsp3) is 0. The van der Waals surface area contributed by atoms with Crippen LogP contribution >= 0.6 is 11.6 Å². The van der Waals surface area contributed by atoms with E-state index in [4.69, 9.17) is 11.6 Å². The average molecular weight is 430 g/mol. The van der Waals surface area contributed by atoms with Crippen molar-refractivity contribution in [3.63, 3.8) is 0 Å². The van der Waals surface area contributed by atoms with Gasteiger partial charge in [-0.2, -0.15) is 0 Å². The molecule has 0 unspecified atom stereocenters. The Bertz CT molecular complexity index is 1810. The summed E-state index contributed by atoms with van der Waals surface area (Å²) in [7, 11) is 0. The number of hydrogen-bond donors (Lipinski definition) is 0. The molecule has 7 rings (SSSR count). The van der Waals surface area contributed by atoms with Crippen molar-refractivity contribution in [2.45, 2.75) is 0 Å². The van der Waals surface area contributed by atoms with Gasteiger partial charge in [-0.15, -0.1) is 0 Å². The average Bonchev–Trinajstić information content (AvgIpc) is 3.18. The molecule has 0 saturated carbocycles. The number of benzene rings is 5. The first-order valence-electron chi connectivity index (χ1n) is 10.6. The molecule has 0 fully saturated rings. The Morgan fingerprint density at radius 1 is 0.562 bits per heavy atom. The van der Waals surface area contributed by atoms with Crippen molar-refractivity contribution in [3.8, 4) is 5.95 Å². The number of rotatable bonds is 1. The molecule has 7 aromatic rings. The number of fused-ring (bicyclic) bond motifs is 10.